The van der Waals surface area contributed by atoms with Gasteiger partial charge in [0.1, 0.15) is 0 Å². The summed E-state index contributed by atoms with van der Waals surface area (Å²) < 4.78 is 1.52. The second-order valence-electron chi connectivity index (χ2n) is 4.60. The highest BCUT2D eigenvalue weighted by molar-refractivity contribution is 5.74. The predicted octanol–water partition coefficient (Wildman–Crippen LogP) is 0.836. The fourth-order valence-corrected chi connectivity index (χ4v) is 1.42. The topological polar surface area (TPSA) is 75.4 Å². The first-order valence-corrected chi connectivity index (χ1v) is 4.68. The summed E-state index contributed by atoms with van der Waals surface area (Å²) in [6.45, 7) is 5.77. The second-order valence-corrected chi connectivity index (χ2v) is 4.60. The van der Waals surface area contributed by atoms with Crippen molar-refractivity contribution < 1.29 is 15.0 Å². The molecule has 0 fully saturated rings. The maximum Gasteiger partial charge on any atom is 0.337 e. The number of carboxylic acids is 1. The molecule has 5 nitrogen and oxygen atoms in total. The Morgan fingerprint density at radius 3 is 2.47 bits per heavy atom. The Bertz CT molecular complexity index is 377. The van der Waals surface area contributed by atoms with Crippen molar-refractivity contribution in [2.24, 2.45) is 7.05 Å². The van der Waals surface area contributed by atoms with Crippen LogP contribution in [0.1, 0.15) is 38.1 Å². The molecular weight excluding hydrogens is 196 g/mol. The minimum atomic E-state index is -1.51. The zero-order chi connectivity index (χ0) is 11.8. The van der Waals surface area contributed by atoms with Crippen LogP contribution in [0.2, 0.25) is 0 Å². The predicted molar refractivity (Wildman–Crippen MR) is 54.5 cm³/mol. The molecule has 0 aliphatic heterocycles. The highest BCUT2D eigenvalue weighted by atomic mass is 16.4. The summed E-state index contributed by atoms with van der Waals surface area (Å²) in [6.07, 6.45) is 0.0345. The third-order valence-corrected chi connectivity index (χ3v) is 2.10. The highest BCUT2D eigenvalue weighted by Gasteiger charge is 2.28. The molecule has 0 saturated carbocycles. The van der Waals surface area contributed by atoms with Crippen LogP contribution in [0.15, 0.2) is 6.20 Å². The fourth-order valence-electron chi connectivity index (χ4n) is 1.42. The maximum atomic E-state index is 10.7. The van der Waals surface area contributed by atoms with Crippen LogP contribution in [-0.4, -0.2) is 26.0 Å². The van der Waals surface area contributed by atoms with E-state index in [0.717, 1.165) is 0 Å². The van der Waals surface area contributed by atoms with Crippen molar-refractivity contribution in [3.8, 4) is 0 Å². The van der Waals surface area contributed by atoms with Crippen molar-refractivity contribution in [1.82, 2.24) is 9.78 Å². The van der Waals surface area contributed by atoms with Crippen molar-refractivity contribution in [2.75, 3.05) is 0 Å². The molecule has 1 aromatic rings. The third kappa shape index (κ3) is 2.36. The number of aryl methyl sites for hydroxylation is 1. The van der Waals surface area contributed by atoms with E-state index in [9.17, 15) is 9.90 Å². The van der Waals surface area contributed by atoms with Crippen LogP contribution in [0.4, 0.5) is 0 Å². The Kier molecular flexibility index (Phi) is 2.86. The van der Waals surface area contributed by atoms with E-state index in [-0.39, 0.29) is 5.41 Å². The van der Waals surface area contributed by atoms with E-state index in [1.165, 1.54) is 4.68 Å². The molecule has 0 aromatic carbocycles. The number of aliphatic hydroxyl groups excluding tert-OH is 1. The molecule has 1 aromatic heterocycles. The number of aromatic nitrogens is 2. The van der Waals surface area contributed by atoms with Gasteiger partial charge in [-0.05, 0) is 0 Å². The lowest BCUT2D eigenvalue weighted by atomic mass is 9.88. The summed E-state index contributed by atoms with van der Waals surface area (Å²) in [7, 11) is 1.70. The van der Waals surface area contributed by atoms with Crippen molar-refractivity contribution in [3.05, 3.63) is 17.5 Å². The molecule has 0 radical (unpaired) electrons. The van der Waals surface area contributed by atoms with E-state index in [4.69, 9.17) is 5.11 Å². The monoisotopic (exact) mass is 212 g/mol. The van der Waals surface area contributed by atoms with Gasteiger partial charge in [-0.2, -0.15) is 5.10 Å². The molecule has 0 aliphatic carbocycles. The zero-order valence-corrected chi connectivity index (χ0v) is 9.35. The molecule has 84 valence electrons. The molecule has 0 spiro atoms. The molecule has 0 saturated heterocycles. The highest BCUT2D eigenvalue weighted by Crippen LogP contribution is 2.28. The lowest BCUT2D eigenvalue weighted by Crippen LogP contribution is -2.19. The molecule has 0 aliphatic rings. The SMILES string of the molecule is Cn1cc(C(O)C(=O)O)c(C(C)(C)C)n1. The summed E-state index contributed by atoms with van der Waals surface area (Å²) in [5.41, 5.74) is 0.685. The zero-order valence-electron chi connectivity index (χ0n) is 9.35. The molecule has 2 N–H and O–H groups in total. The van der Waals surface area contributed by atoms with E-state index < -0.39 is 12.1 Å². The van der Waals surface area contributed by atoms with Crippen molar-refractivity contribution >= 4 is 5.97 Å². The lowest BCUT2D eigenvalue weighted by Gasteiger charge is -2.18. The smallest absolute Gasteiger partial charge is 0.337 e. The Labute approximate surface area is 88.3 Å². The maximum absolute atomic E-state index is 10.7. The van der Waals surface area contributed by atoms with Gasteiger partial charge in [0.15, 0.2) is 6.10 Å². The summed E-state index contributed by atoms with van der Waals surface area (Å²) in [4.78, 5) is 10.7. The average molecular weight is 212 g/mol. The molecule has 1 atom stereocenters. The van der Waals surface area contributed by atoms with Gasteiger partial charge in [-0.1, -0.05) is 20.8 Å². The van der Waals surface area contributed by atoms with Crippen molar-refractivity contribution in [2.45, 2.75) is 32.3 Å². The molecular formula is C10H16N2O3. The van der Waals surface area contributed by atoms with Crippen LogP contribution >= 0.6 is 0 Å². The number of nitrogens with zero attached hydrogens (tertiary/aromatic N) is 2. The fraction of sp³-hybridized carbons (Fsp3) is 0.600. The van der Waals surface area contributed by atoms with E-state index >= 15 is 0 Å². The van der Waals surface area contributed by atoms with E-state index in [1.807, 2.05) is 20.8 Å². The van der Waals surface area contributed by atoms with Gasteiger partial charge >= 0.3 is 5.97 Å². The van der Waals surface area contributed by atoms with Gasteiger partial charge in [-0.3, -0.25) is 4.68 Å². The third-order valence-electron chi connectivity index (χ3n) is 2.10. The Hall–Kier alpha value is -1.36. The molecule has 1 rings (SSSR count). The van der Waals surface area contributed by atoms with Gasteiger partial charge in [0.2, 0.25) is 0 Å². The summed E-state index contributed by atoms with van der Waals surface area (Å²) in [5.74, 6) is -1.26. The molecule has 0 amide bonds. The quantitative estimate of drug-likeness (QED) is 0.761. The van der Waals surface area contributed by atoms with Crippen LogP contribution < -0.4 is 0 Å². The molecule has 1 unspecified atom stereocenters. The first-order chi connectivity index (χ1) is 6.73. The average Bonchev–Trinajstić information content (AvgIpc) is 2.44. The standard InChI is InChI=1S/C10H16N2O3/c1-10(2,3)8-6(5-12(4)11-8)7(13)9(14)15/h5,7,13H,1-4H3,(H,14,15). The number of rotatable bonds is 2. The van der Waals surface area contributed by atoms with Gasteiger partial charge in [0.25, 0.3) is 0 Å². The number of hydrogen-bond acceptors (Lipinski definition) is 3. The summed E-state index contributed by atoms with van der Waals surface area (Å²) in [5, 5.41) is 22.4. The molecule has 5 heteroatoms. The van der Waals surface area contributed by atoms with Crippen molar-refractivity contribution in [1.29, 1.82) is 0 Å². The van der Waals surface area contributed by atoms with Gasteiger partial charge in [0.05, 0.1) is 5.69 Å². The summed E-state index contributed by atoms with van der Waals surface area (Å²) >= 11 is 0. The molecule has 15 heavy (non-hydrogen) atoms. The lowest BCUT2D eigenvalue weighted by molar-refractivity contribution is -0.147. The van der Waals surface area contributed by atoms with Gasteiger partial charge in [-0.15, -0.1) is 0 Å². The number of aliphatic carboxylic acids is 1. The van der Waals surface area contributed by atoms with E-state index in [2.05, 4.69) is 5.10 Å². The normalized spacial score (nSPS) is 13.9. The van der Waals surface area contributed by atoms with Crippen molar-refractivity contribution in [3.63, 3.8) is 0 Å². The van der Waals surface area contributed by atoms with Gasteiger partial charge in [0, 0.05) is 24.2 Å². The number of carbonyl (C=O) groups is 1. The Balaban J connectivity index is 3.24. The van der Waals surface area contributed by atoms with Gasteiger partial charge < -0.3 is 10.2 Å². The van der Waals surface area contributed by atoms with Crippen LogP contribution in [0.25, 0.3) is 0 Å². The van der Waals surface area contributed by atoms with E-state index in [1.54, 1.807) is 13.2 Å². The first kappa shape index (κ1) is 11.7. The van der Waals surface area contributed by atoms with Gasteiger partial charge in [-0.25, -0.2) is 4.79 Å². The van der Waals surface area contributed by atoms with Crippen LogP contribution in [0.5, 0.6) is 0 Å². The van der Waals surface area contributed by atoms with Crippen LogP contribution in [0, 0.1) is 0 Å². The second kappa shape index (κ2) is 3.66. The number of aliphatic hydroxyl groups is 1. The minimum absolute atomic E-state index is 0.285. The van der Waals surface area contributed by atoms with Crippen LogP contribution in [0.3, 0.4) is 0 Å². The Morgan fingerprint density at radius 1 is 1.53 bits per heavy atom. The largest absolute Gasteiger partial charge is 0.479 e. The minimum Gasteiger partial charge on any atom is -0.479 e. The first-order valence-electron chi connectivity index (χ1n) is 4.68. The van der Waals surface area contributed by atoms with Crippen LogP contribution in [-0.2, 0) is 17.3 Å². The molecule has 1 heterocycles. The summed E-state index contributed by atoms with van der Waals surface area (Å²) in [6, 6.07) is 0. The Morgan fingerprint density at radius 2 is 2.07 bits per heavy atom. The number of hydrogen-bond donors (Lipinski definition) is 2. The molecule has 0 bridgehead atoms. The van der Waals surface area contributed by atoms with E-state index in [0.29, 0.717) is 11.3 Å². The number of carboxylic acid groups (broad SMARTS) is 1.